The van der Waals surface area contributed by atoms with Crippen molar-refractivity contribution in [3.05, 3.63) is 24.3 Å². The third kappa shape index (κ3) is 4.88. The fourth-order valence-corrected chi connectivity index (χ4v) is 2.81. The highest BCUT2D eigenvalue weighted by Crippen LogP contribution is 2.27. The molecule has 1 aromatic carbocycles. The normalized spacial score (nSPS) is 16.9. The third-order valence-corrected chi connectivity index (χ3v) is 4.84. The van der Waals surface area contributed by atoms with E-state index in [1.807, 2.05) is 31.3 Å². The number of carbonyl (C=O) groups is 1. The minimum atomic E-state index is -0.0922. The molecule has 0 aliphatic heterocycles. The summed E-state index contributed by atoms with van der Waals surface area (Å²) in [5.41, 5.74) is 0.818. The quantitative estimate of drug-likeness (QED) is 0.857. The van der Waals surface area contributed by atoms with E-state index in [0.717, 1.165) is 24.3 Å². The first-order valence-electron chi connectivity index (χ1n) is 8.58. The maximum absolute atomic E-state index is 12.4. The second-order valence-corrected chi connectivity index (χ2v) is 7.64. The Labute approximate surface area is 140 Å². The molecule has 1 fully saturated rings. The van der Waals surface area contributed by atoms with Crippen molar-refractivity contribution in [1.82, 2.24) is 4.90 Å². The second-order valence-electron chi connectivity index (χ2n) is 7.64. The molecule has 1 aliphatic rings. The molecule has 4 heteroatoms. The number of ether oxygens (including phenoxy) is 1. The van der Waals surface area contributed by atoms with E-state index < -0.39 is 0 Å². The first-order valence-corrected chi connectivity index (χ1v) is 8.58. The van der Waals surface area contributed by atoms with Crippen LogP contribution in [0.2, 0.25) is 0 Å². The summed E-state index contributed by atoms with van der Waals surface area (Å²) in [5, 5.41) is 2.97. The first kappa shape index (κ1) is 17.6. The number of benzene rings is 1. The van der Waals surface area contributed by atoms with Crippen LogP contribution in [0.25, 0.3) is 0 Å². The lowest BCUT2D eigenvalue weighted by Crippen LogP contribution is -2.44. The Kier molecular flexibility index (Phi) is 5.55. The average Bonchev–Trinajstić information content (AvgIpc) is 2.98. The van der Waals surface area contributed by atoms with Gasteiger partial charge in [-0.2, -0.15) is 0 Å². The predicted molar refractivity (Wildman–Crippen MR) is 95.0 cm³/mol. The van der Waals surface area contributed by atoms with Gasteiger partial charge in [-0.15, -0.1) is 0 Å². The fourth-order valence-electron chi connectivity index (χ4n) is 2.81. The van der Waals surface area contributed by atoms with Crippen molar-refractivity contribution in [2.24, 2.45) is 5.41 Å². The van der Waals surface area contributed by atoms with E-state index in [9.17, 15) is 4.79 Å². The monoisotopic (exact) mass is 318 g/mol. The molecule has 1 unspecified atom stereocenters. The summed E-state index contributed by atoms with van der Waals surface area (Å²) in [6.45, 7) is 8.48. The molecule has 1 aliphatic carbocycles. The van der Waals surface area contributed by atoms with E-state index in [4.69, 9.17) is 4.74 Å². The van der Waals surface area contributed by atoms with Gasteiger partial charge in [-0.1, -0.05) is 26.8 Å². The van der Waals surface area contributed by atoms with Crippen molar-refractivity contribution < 1.29 is 9.53 Å². The van der Waals surface area contributed by atoms with Crippen LogP contribution in [0.5, 0.6) is 5.75 Å². The molecule has 1 N–H and O–H groups in total. The molecule has 2 amide bonds. The van der Waals surface area contributed by atoms with Gasteiger partial charge in [0.15, 0.2) is 0 Å². The van der Waals surface area contributed by atoms with Crippen molar-refractivity contribution >= 4 is 11.7 Å². The maximum Gasteiger partial charge on any atom is 0.321 e. The van der Waals surface area contributed by atoms with E-state index in [2.05, 4.69) is 33.0 Å². The van der Waals surface area contributed by atoms with Crippen LogP contribution in [0.4, 0.5) is 10.5 Å². The summed E-state index contributed by atoms with van der Waals surface area (Å²) < 4.78 is 5.99. The first-order chi connectivity index (χ1) is 10.8. The van der Waals surface area contributed by atoms with Crippen LogP contribution in [0.15, 0.2) is 24.3 Å². The fraction of sp³-hybridized carbons (Fsp3) is 0.632. The Balaban J connectivity index is 1.97. The van der Waals surface area contributed by atoms with Gasteiger partial charge in [0.25, 0.3) is 0 Å². The molecule has 0 saturated heterocycles. The molecule has 0 spiro atoms. The van der Waals surface area contributed by atoms with E-state index in [-0.39, 0.29) is 17.5 Å². The van der Waals surface area contributed by atoms with Crippen LogP contribution in [0, 0.1) is 5.41 Å². The molecule has 1 saturated carbocycles. The summed E-state index contributed by atoms with van der Waals surface area (Å²) >= 11 is 0. The molecule has 0 radical (unpaired) electrons. The lowest BCUT2D eigenvalue weighted by atomic mass is 9.87. The molecule has 0 bridgehead atoms. The smallest absolute Gasteiger partial charge is 0.321 e. The highest BCUT2D eigenvalue weighted by Gasteiger charge is 2.27. The number of hydrogen-bond donors (Lipinski definition) is 1. The summed E-state index contributed by atoms with van der Waals surface area (Å²) in [7, 11) is 1.84. The molecule has 1 aromatic rings. The van der Waals surface area contributed by atoms with Gasteiger partial charge >= 0.3 is 6.03 Å². The van der Waals surface area contributed by atoms with Crippen molar-refractivity contribution in [2.75, 3.05) is 12.4 Å². The van der Waals surface area contributed by atoms with E-state index in [1.54, 1.807) is 4.90 Å². The number of hydrogen-bond acceptors (Lipinski definition) is 2. The molecular weight excluding hydrogens is 288 g/mol. The Bertz CT molecular complexity index is 530. The molecule has 128 valence electrons. The maximum atomic E-state index is 12.4. The topological polar surface area (TPSA) is 41.6 Å². The Morgan fingerprint density at radius 3 is 2.57 bits per heavy atom. The van der Waals surface area contributed by atoms with Crippen molar-refractivity contribution in [2.45, 2.75) is 65.5 Å². The van der Waals surface area contributed by atoms with Crippen molar-refractivity contribution in [3.8, 4) is 5.75 Å². The molecular formula is C19H30N2O2. The predicted octanol–water partition coefficient (Wildman–Crippen LogP) is 4.91. The van der Waals surface area contributed by atoms with Gasteiger partial charge in [0.2, 0.25) is 0 Å². The SMILES string of the molecule is CC(N(C)C(=O)Nc1cccc(OC2CCCC2)c1)C(C)(C)C. The second kappa shape index (κ2) is 7.24. The van der Waals surface area contributed by atoms with Gasteiger partial charge in [0, 0.05) is 24.8 Å². The minimum Gasteiger partial charge on any atom is -0.490 e. The molecule has 1 atom stereocenters. The van der Waals surface area contributed by atoms with E-state index in [1.165, 1.54) is 12.8 Å². The van der Waals surface area contributed by atoms with Gasteiger partial charge in [-0.3, -0.25) is 0 Å². The van der Waals surface area contributed by atoms with Gasteiger partial charge in [0.05, 0.1) is 6.10 Å². The molecule has 2 rings (SSSR count). The average molecular weight is 318 g/mol. The molecule has 23 heavy (non-hydrogen) atoms. The number of anilines is 1. The molecule has 0 aromatic heterocycles. The molecule has 4 nitrogen and oxygen atoms in total. The molecule has 0 heterocycles. The van der Waals surface area contributed by atoms with Crippen LogP contribution in [-0.2, 0) is 0 Å². The van der Waals surface area contributed by atoms with Gasteiger partial charge < -0.3 is 15.0 Å². The summed E-state index contributed by atoms with van der Waals surface area (Å²) in [6, 6.07) is 7.73. The standard InChI is InChI=1S/C19H30N2O2/c1-14(19(2,3)4)21(5)18(22)20-15-9-8-12-17(13-15)23-16-10-6-7-11-16/h8-9,12-14,16H,6-7,10-11H2,1-5H3,(H,20,22). The highest BCUT2D eigenvalue weighted by atomic mass is 16.5. The minimum absolute atomic E-state index is 0.0412. The number of urea groups is 1. The van der Waals surface area contributed by atoms with Crippen LogP contribution < -0.4 is 10.1 Å². The lowest BCUT2D eigenvalue weighted by molar-refractivity contribution is 0.156. The number of nitrogens with zero attached hydrogens (tertiary/aromatic N) is 1. The lowest BCUT2D eigenvalue weighted by Gasteiger charge is -2.35. The number of rotatable bonds is 4. The Morgan fingerprint density at radius 2 is 1.96 bits per heavy atom. The van der Waals surface area contributed by atoms with Crippen molar-refractivity contribution in [3.63, 3.8) is 0 Å². The highest BCUT2D eigenvalue weighted by molar-refractivity contribution is 5.89. The Hall–Kier alpha value is -1.71. The number of nitrogens with one attached hydrogen (secondary N) is 1. The summed E-state index contributed by atoms with van der Waals surface area (Å²) in [5.74, 6) is 0.834. The van der Waals surface area contributed by atoms with E-state index in [0.29, 0.717) is 6.10 Å². The van der Waals surface area contributed by atoms with E-state index >= 15 is 0 Å². The van der Waals surface area contributed by atoms with Crippen LogP contribution in [0.1, 0.15) is 53.4 Å². The number of carbonyl (C=O) groups excluding carboxylic acids is 1. The summed E-state index contributed by atoms with van der Waals surface area (Å²) in [4.78, 5) is 14.2. The van der Waals surface area contributed by atoms with Gasteiger partial charge in [-0.25, -0.2) is 4.79 Å². The number of amides is 2. The van der Waals surface area contributed by atoms with Gasteiger partial charge in [-0.05, 0) is 50.2 Å². The zero-order chi connectivity index (χ0) is 17.0. The van der Waals surface area contributed by atoms with Crippen LogP contribution in [-0.4, -0.2) is 30.1 Å². The zero-order valence-electron chi connectivity index (χ0n) is 15.1. The Morgan fingerprint density at radius 1 is 1.30 bits per heavy atom. The van der Waals surface area contributed by atoms with Crippen LogP contribution in [0.3, 0.4) is 0 Å². The third-order valence-electron chi connectivity index (χ3n) is 4.84. The largest absolute Gasteiger partial charge is 0.490 e. The van der Waals surface area contributed by atoms with Gasteiger partial charge in [0.1, 0.15) is 5.75 Å². The van der Waals surface area contributed by atoms with Crippen LogP contribution >= 0.6 is 0 Å². The van der Waals surface area contributed by atoms with Crippen molar-refractivity contribution in [1.29, 1.82) is 0 Å². The summed E-state index contributed by atoms with van der Waals surface area (Å²) in [6.07, 6.45) is 5.07. The zero-order valence-corrected chi connectivity index (χ0v) is 15.1.